The lowest BCUT2D eigenvalue weighted by Gasteiger charge is -2.22. The first kappa shape index (κ1) is 14.2. The third kappa shape index (κ3) is 3.89. The molecule has 0 amide bonds. The summed E-state index contributed by atoms with van der Waals surface area (Å²) in [4.78, 5) is 4.25. The van der Waals surface area contributed by atoms with Crippen molar-refractivity contribution in [1.29, 1.82) is 0 Å². The number of aromatic nitrogens is 1. The van der Waals surface area contributed by atoms with Crippen LogP contribution in [0.15, 0.2) is 23.2 Å². The Labute approximate surface area is 113 Å². The smallest absolute Gasteiger partial charge is 0.242 e. The minimum Gasteiger partial charge on any atom is -0.380 e. The average Bonchev–Trinajstić information content (AvgIpc) is 2.40. The zero-order chi connectivity index (χ0) is 13.7. The number of rotatable bonds is 5. The van der Waals surface area contributed by atoms with Gasteiger partial charge in [0.05, 0.1) is 6.61 Å². The van der Waals surface area contributed by atoms with E-state index in [0.29, 0.717) is 19.0 Å². The van der Waals surface area contributed by atoms with Crippen molar-refractivity contribution in [2.24, 2.45) is 0 Å². The Hall–Kier alpha value is -1.18. The first-order valence-electron chi connectivity index (χ1n) is 6.42. The van der Waals surface area contributed by atoms with Crippen LogP contribution >= 0.6 is 0 Å². The molecule has 1 aromatic rings. The SMILES string of the molecule is CCNc1ccc(S(=O)(=O)NC2CCCOC2)cn1. The second kappa shape index (κ2) is 6.31. The molecule has 0 aromatic carbocycles. The van der Waals surface area contributed by atoms with Gasteiger partial charge in [-0.1, -0.05) is 0 Å². The Morgan fingerprint density at radius 2 is 2.32 bits per heavy atom. The highest BCUT2D eigenvalue weighted by Gasteiger charge is 2.22. The molecule has 19 heavy (non-hydrogen) atoms. The molecule has 6 nitrogen and oxygen atoms in total. The van der Waals surface area contributed by atoms with E-state index in [9.17, 15) is 8.42 Å². The summed E-state index contributed by atoms with van der Waals surface area (Å²) in [6.45, 7) is 3.84. The molecule has 106 valence electrons. The number of nitrogens with zero attached hydrogens (tertiary/aromatic N) is 1. The van der Waals surface area contributed by atoms with E-state index in [1.807, 2.05) is 6.92 Å². The maximum Gasteiger partial charge on any atom is 0.242 e. The van der Waals surface area contributed by atoms with Gasteiger partial charge < -0.3 is 10.1 Å². The van der Waals surface area contributed by atoms with Crippen molar-refractivity contribution in [2.45, 2.75) is 30.7 Å². The highest BCUT2D eigenvalue weighted by molar-refractivity contribution is 7.89. The third-order valence-corrected chi connectivity index (χ3v) is 4.39. The molecule has 1 aromatic heterocycles. The van der Waals surface area contributed by atoms with Gasteiger partial charge in [-0.2, -0.15) is 0 Å². The Kier molecular flexibility index (Phi) is 4.73. The summed E-state index contributed by atoms with van der Waals surface area (Å²) >= 11 is 0. The molecule has 7 heteroatoms. The topological polar surface area (TPSA) is 80.3 Å². The van der Waals surface area contributed by atoms with Gasteiger partial charge >= 0.3 is 0 Å². The van der Waals surface area contributed by atoms with Gasteiger partial charge in [0.2, 0.25) is 10.0 Å². The van der Waals surface area contributed by atoms with Crippen LogP contribution in [-0.4, -0.2) is 39.2 Å². The van der Waals surface area contributed by atoms with Gasteiger partial charge in [0.25, 0.3) is 0 Å². The summed E-state index contributed by atoms with van der Waals surface area (Å²) in [6.07, 6.45) is 3.05. The fourth-order valence-electron chi connectivity index (χ4n) is 1.95. The second-order valence-corrected chi connectivity index (χ2v) is 6.16. The van der Waals surface area contributed by atoms with Crippen LogP contribution in [-0.2, 0) is 14.8 Å². The van der Waals surface area contributed by atoms with Crippen LogP contribution in [0, 0.1) is 0 Å². The summed E-state index contributed by atoms with van der Waals surface area (Å²) in [5.74, 6) is 0.669. The van der Waals surface area contributed by atoms with Crippen LogP contribution in [0.3, 0.4) is 0 Å². The van der Waals surface area contributed by atoms with Gasteiger partial charge in [0.1, 0.15) is 10.7 Å². The quantitative estimate of drug-likeness (QED) is 0.842. The lowest BCUT2D eigenvalue weighted by molar-refractivity contribution is 0.0774. The monoisotopic (exact) mass is 285 g/mol. The summed E-state index contributed by atoms with van der Waals surface area (Å²) < 4.78 is 32.2. The van der Waals surface area contributed by atoms with Crippen molar-refractivity contribution in [2.75, 3.05) is 25.1 Å². The maximum absolute atomic E-state index is 12.1. The van der Waals surface area contributed by atoms with Crippen molar-refractivity contribution < 1.29 is 13.2 Å². The van der Waals surface area contributed by atoms with Gasteiger partial charge in [-0.05, 0) is 31.9 Å². The van der Waals surface area contributed by atoms with Crippen molar-refractivity contribution >= 4 is 15.8 Å². The van der Waals surface area contributed by atoms with Crippen molar-refractivity contribution in [3.63, 3.8) is 0 Å². The number of nitrogens with one attached hydrogen (secondary N) is 2. The number of sulfonamides is 1. The van der Waals surface area contributed by atoms with E-state index in [4.69, 9.17) is 4.74 Å². The number of anilines is 1. The lowest BCUT2D eigenvalue weighted by atomic mass is 10.1. The normalized spacial score (nSPS) is 20.2. The van der Waals surface area contributed by atoms with Gasteiger partial charge in [-0.3, -0.25) is 0 Å². The zero-order valence-corrected chi connectivity index (χ0v) is 11.7. The predicted octanol–water partition coefficient (Wildman–Crippen LogP) is 0.971. The van der Waals surface area contributed by atoms with E-state index < -0.39 is 10.0 Å². The van der Waals surface area contributed by atoms with Gasteiger partial charge in [0.15, 0.2) is 0 Å². The fraction of sp³-hybridized carbons (Fsp3) is 0.583. The van der Waals surface area contributed by atoms with Crippen LogP contribution in [0.4, 0.5) is 5.82 Å². The van der Waals surface area contributed by atoms with Crippen LogP contribution in [0.2, 0.25) is 0 Å². The Morgan fingerprint density at radius 1 is 1.47 bits per heavy atom. The Balaban J connectivity index is 2.05. The summed E-state index contributed by atoms with van der Waals surface area (Å²) in [7, 11) is -3.51. The zero-order valence-electron chi connectivity index (χ0n) is 10.9. The molecule has 0 saturated carbocycles. The first-order chi connectivity index (χ1) is 9.12. The third-order valence-electron chi connectivity index (χ3n) is 2.89. The summed E-state index contributed by atoms with van der Waals surface area (Å²) in [5.41, 5.74) is 0. The lowest BCUT2D eigenvalue weighted by Crippen LogP contribution is -2.40. The summed E-state index contributed by atoms with van der Waals surface area (Å²) in [6, 6.07) is 3.07. The predicted molar refractivity (Wildman–Crippen MR) is 72.6 cm³/mol. The molecule has 1 saturated heterocycles. The van der Waals surface area contributed by atoms with Crippen LogP contribution < -0.4 is 10.0 Å². The second-order valence-electron chi connectivity index (χ2n) is 4.44. The molecule has 1 fully saturated rings. The van der Waals surface area contributed by atoms with Crippen LogP contribution in [0.5, 0.6) is 0 Å². The minimum absolute atomic E-state index is 0.146. The molecule has 1 unspecified atom stereocenters. The van der Waals surface area contributed by atoms with Crippen molar-refractivity contribution in [3.05, 3.63) is 18.3 Å². The molecule has 2 heterocycles. The van der Waals surface area contributed by atoms with E-state index >= 15 is 0 Å². The number of hydrogen-bond acceptors (Lipinski definition) is 5. The highest BCUT2D eigenvalue weighted by atomic mass is 32.2. The van der Waals surface area contributed by atoms with Gasteiger partial charge in [-0.25, -0.2) is 18.1 Å². The molecule has 0 aliphatic carbocycles. The number of ether oxygens (including phenoxy) is 1. The van der Waals surface area contributed by atoms with Gasteiger partial charge in [0, 0.05) is 25.4 Å². The van der Waals surface area contributed by atoms with Crippen LogP contribution in [0.1, 0.15) is 19.8 Å². The van der Waals surface area contributed by atoms with E-state index in [1.54, 1.807) is 12.1 Å². The molecule has 0 spiro atoms. The molecule has 0 radical (unpaired) electrons. The summed E-state index contributed by atoms with van der Waals surface area (Å²) in [5, 5.41) is 3.02. The van der Waals surface area contributed by atoms with Crippen LogP contribution in [0.25, 0.3) is 0 Å². The van der Waals surface area contributed by atoms with E-state index in [-0.39, 0.29) is 10.9 Å². The minimum atomic E-state index is -3.51. The van der Waals surface area contributed by atoms with E-state index in [2.05, 4.69) is 15.0 Å². The number of hydrogen-bond donors (Lipinski definition) is 2. The van der Waals surface area contributed by atoms with E-state index in [0.717, 1.165) is 19.4 Å². The maximum atomic E-state index is 12.1. The largest absolute Gasteiger partial charge is 0.380 e. The molecule has 2 rings (SSSR count). The van der Waals surface area contributed by atoms with Crippen molar-refractivity contribution in [3.8, 4) is 0 Å². The fourth-order valence-corrected chi connectivity index (χ4v) is 3.15. The highest BCUT2D eigenvalue weighted by Crippen LogP contribution is 2.13. The molecule has 2 N–H and O–H groups in total. The molecule has 1 atom stereocenters. The molecular weight excluding hydrogens is 266 g/mol. The van der Waals surface area contributed by atoms with E-state index in [1.165, 1.54) is 6.20 Å². The molecule has 1 aliphatic heterocycles. The Bertz CT molecular complexity index is 495. The average molecular weight is 285 g/mol. The van der Waals surface area contributed by atoms with Gasteiger partial charge in [-0.15, -0.1) is 0 Å². The molecular formula is C12H19N3O3S. The molecule has 1 aliphatic rings. The number of pyridine rings is 1. The first-order valence-corrected chi connectivity index (χ1v) is 7.90. The standard InChI is InChI=1S/C12H19N3O3S/c1-2-13-12-6-5-11(8-14-12)19(16,17)15-10-4-3-7-18-9-10/h5-6,8,10,15H,2-4,7,9H2,1H3,(H,13,14). The Morgan fingerprint density at radius 3 is 2.89 bits per heavy atom. The van der Waals surface area contributed by atoms with Crippen molar-refractivity contribution in [1.82, 2.24) is 9.71 Å². The molecule has 0 bridgehead atoms.